The molecule has 0 aromatic carbocycles. The SMILES string of the molecule is CC1CC1C(=O)N(C)C1CCC(N)CC1. The third-order valence-electron chi connectivity index (χ3n) is 4.06. The smallest absolute Gasteiger partial charge is 0.225 e. The van der Waals surface area contributed by atoms with Crippen LogP contribution < -0.4 is 5.73 Å². The first-order valence-electron chi connectivity index (χ1n) is 6.12. The zero-order valence-corrected chi connectivity index (χ0v) is 9.78. The van der Waals surface area contributed by atoms with Crippen molar-refractivity contribution in [3.8, 4) is 0 Å². The van der Waals surface area contributed by atoms with Crippen LogP contribution in [0.2, 0.25) is 0 Å². The van der Waals surface area contributed by atoms with Crippen LogP contribution in [0.25, 0.3) is 0 Å². The standard InChI is InChI=1S/C12H22N2O/c1-8-7-11(8)12(15)14(2)10-5-3-9(13)4-6-10/h8-11H,3-7,13H2,1-2H3. The highest BCUT2D eigenvalue weighted by molar-refractivity contribution is 5.81. The maximum Gasteiger partial charge on any atom is 0.225 e. The second-order valence-corrected chi connectivity index (χ2v) is 5.34. The molecule has 0 radical (unpaired) electrons. The van der Waals surface area contributed by atoms with E-state index in [-0.39, 0.29) is 0 Å². The summed E-state index contributed by atoms with van der Waals surface area (Å²) in [5.74, 6) is 1.30. The number of hydrogen-bond donors (Lipinski definition) is 1. The first kappa shape index (κ1) is 10.9. The molecule has 2 aliphatic rings. The summed E-state index contributed by atoms with van der Waals surface area (Å²) in [6, 6.07) is 0.815. The summed E-state index contributed by atoms with van der Waals surface area (Å²) in [5, 5.41) is 0. The van der Waals surface area contributed by atoms with Crippen molar-refractivity contribution >= 4 is 5.91 Å². The van der Waals surface area contributed by atoms with E-state index in [1.165, 1.54) is 0 Å². The van der Waals surface area contributed by atoms with Gasteiger partial charge >= 0.3 is 0 Å². The van der Waals surface area contributed by atoms with Crippen molar-refractivity contribution < 1.29 is 4.79 Å². The Hall–Kier alpha value is -0.570. The number of nitrogens with two attached hydrogens (primary N) is 1. The molecule has 2 unspecified atom stereocenters. The first-order valence-corrected chi connectivity index (χ1v) is 6.12. The summed E-state index contributed by atoms with van der Waals surface area (Å²) in [4.78, 5) is 14.0. The van der Waals surface area contributed by atoms with Crippen molar-refractivity contribution in [1.29, 1.82) is 0 Å². The minimum Gasteiger partial charge on any atom is -0.343 e. The molecule has 0 bridgehead atoms. The minimum absolute atomic E-state index is 0.325. The third kappa shape index (κ3) is 2.33. The van der Waals surface area contributed by atoms with Gasteiger partial charge in [0.05, 0.1) is 0 Å². The van der Waals surface area contributed by atoms with Crippen molar-refractivity contribution in [2.75, 3.05) is 7.05 Å². The van der Waals surface area contributed by atoms with Crippen molar-refractivity contribution in [3.63, 3.8) is 0 Å². The fourth-order valence-corrected chi connectivity index (χ4v) is 2.60. The van der Waals surface area contributed by atoms with Gasteiger partial charge in [-0.25, -0.2) is 0 Å². The predicted octanol–water partition coefficient (Wildman–Crippen LogP) is 1.37. The topological polar surface area (TPSA) is 46.3 Å². The average molecular weight is 210 g/mol. The highest BCUT2D eigenvalue weighted by Crippen LogP contribution is 2.39. The second kappa shape index (κ2) is 4.12. The van der Waals surface area contributed by atoms with Gasteiger partial charge in [0.25, 0.3) is 0 Å². The summed E-state index contributed by atoms with van der Waals surface area (Å²) in [7, 11) is 1.97. The van der Waals surface area contributed by atoms with Crippen LogP contribution in [0.5, 0.6) is 0 Å². The van der Waals surface area contributed by atoms with E-state index in [4.69, 9.17) is 5.73 Å². The zero-order chi connectivity index (χ0) is 11.0. The summed E-state index contributed by atoms with van der Waals surface area (Å²) >= 11 is 0. The van der Waals surface area contributed by atoms with Gasteiger partial charge in [0.2, 0.25) is 5.91 Å². The van der Waals surface area contributed by atoms with E-state index in [1.54, 1.807) is 0 Å². The Labute approximate surface area is 92.0 Å². The molecular weight excluding hydrogens is 188 g/mol. The van der Waals surface area contributed by atoms with Gasteiger partial charge in [0.15, 0.2) is 0 Å². The lowest BCUT2D eigenvalue weighted by Gasteiger charge is -2.33. The van der Waals surface area contributed by atoms with E-state index in [0.717, 1.165) is 32.1 Å². The molecule has 0 saturated heterocycles. The quantitative estimate of drug-likeness (QED) is 0.748. The fourth-order valence-electron chi connectivity index (χ4n) is 2.60. The molecule has 0 spiro atoms. The predicted molar refractivity (Wildman–Crippen MR) is 60.3 cm³/mol. The largest absolute Gasteiger partial charge is 0.343 e. The lowest BCUT2D eigenvalue weighted by molar-refractivity contribution is -0.134. The molecule has 0 aromatic rings. The summed E-state index contributed by atoms with van der Waals surface area (Å²) in [6.45, 7) is 2.16. The Balaban J connectivity index is 1.85. The molecular formula is C12H22N2O. The van der Waals surface area contributed by atoms with Gasteiger partial charge < -0.3 is 10.6 Å². The minimum atomic E-state index is 0.325. The Bertz CT molecular complexity index is 246. The van der Waals surface area contributed by atoms with Crippen molar-refractivity contribution in [1.82, 2.24) is 4.90 Å². The molecule has 2 rings (SSSR count). The molecule has 1 amide bonds. The number of amides is 1. The molecule has 86 valence electrons. The molecule has 2 aliphatic carbocycles. The van der Waals surface area contributed by atoms with Gasteiger partial charge in [-0.05, 0) is 38.0 Å². The van der Waals surface area contributed by atoms with E-state index >= 15 is 0 Å². The average Bonchev–Trinajstić information content (AvgIpc) is 2.94. The van der Waals surface area contributed by atoms with E-state index in [2.05, 4.69) is 6.92 Å². The number of hydrogen-bond acceptors (Lipinski definition) is 2. The third-order valence-corrected chi connectivity index (χ3v) is 4.06. The number of carbonyl (C=O) groups excluding carboxylic acids is 1. The maximum atomic E-state index is 12.0. The molecule has 2 atom stereocenters. The Morgan fingerprint density at radius 1 is 1.27 bits per heavy atom. The summed E-state index contributed by atoms with van der Waals surface area (Å²) in [6.07, 6.45) is 5.41. The van der Waals surface area contributed by atoms with Gasteiger partial charge in [-0.3, -0.25) is 4.79 Å². The fraction of sp³-hybridized carbons (Fsp3) is 0.917. The van der Waals surface area contributed by atoms with Crippen molar-refractivity contribution in [3.05, 3.63) is 0 Å². The van der Waals surface area contributed by atoms with Crippen LogP contribution >= 0.6 is 0 Å². The molecule has 3 nitrogen and oxygen atoms in total. The molecule has 2 N–H and O–H groups in total. The van der Waals surface area contributed by atoms with Crippen LogP contribution in [0.3, 0.4) is 0 Å². The van der Waals surface area contributed by atoms with Crippen molar-refractivity contribution in [2.24, 2.45) is 17.6 Å². The Kier molecular flexibility index (Phi) is 3.01. The Morgan fingerprint density at radius 2 is 1.80 bits per heavy atom. The van der Waals surface area contributed by atoms with Crippen molar-refractivity contribution in [2.45, 2.75) is 51.1 Å². The summed E-state index contributed by atoms with van der Waals surface area (Å²) in [5.41, 5.74) is 5.86. The number of nitrogens with zero attached hydrogens (tertiary/aromatic N) is 1. The van der Waals surface area contributed by atoms with Crippen LogP contribution in [0.15, 0.2) is 0 Å². The van der Waals surface area contributed by atoms with Crippen LogP contribution in [-0.2, 0) is 4.79 Å². The molecule has 0 aromatic heterocycles. The zero-order valence-electron chi connectivity index (χ0n) is 9.78. The van der Waals surface area contributed by atoms with E-state index < -0.39 is 0 Å². The van der Waals surface area contributed by atoms with Gasteiger partial charge in [-0.15, -0.1) is 0 Å². The molecule has 2 fully saturated rings. The molecule has 0 aliphatic heterocycles. The first-order chi connectivity index (χ1) is 7.09. The van der Waals surface area contributed by atoms with Crippen LogP contribution in [0.1, 0.15) is 39.0 Å². The van der Waals surface area contributed by atoms with E-state index in [9.17, 15) is 4.79 Å². The van der Waals surface area contributed by atoms with Gasteiger partial charge in [-0.1, -0.05) is 6.92 Å². The normalized spacial score (nSPS) is 39.9. The van der Waals surface area contributed by atoms with Crippen LogP contribution in [0.4, 0.5) is 0 Å². The lowest BCUT2D eigenvalue weighted by Crippen LogP contribution is -2.42. The van der Waals surface area contributed by atoms with Gasteiger partial charge in [0, 0.05) is 25.0 Å². The molecule has 2 saturated carbocycles. The molecule has 0 heterocycles. The maximum absolute atomic E-state index is 12.0. The monoisotopic (exact) mass is 210 g/mol. The summed E-state index contributed by atoms with van der Waals surface area (Å²) < 4.78 is 0. The van der Waals surface area contributed by atoms with E-state index in [0.29, 0.717) is 29.8 Å². The molecule has 3 heteroatoms. The number of carbonyl (C=O) groups is 1. The Morgan fingerprint density at radius 3 is 2.27 bits per heavy atom. The number of rotatable bonds is 2. The highest BCUT2D eigenvalue weighted by atomic mass is 16.2. The van der Waals surface area contributed by atoms with E-state index in [1.807, 2.05) is 11.9 Å². The van der Waals surface area contributed by atoms with Gasteiger partial charge in [-0.2, -0.15) is 0 Å². The van der Waals surface area contributed by atoms with Crippen LogP contribution in [-0.4, -0.2) is 29.9 Å². The van der Waals surface area contributed by atoms with Crippen LogP contribution in [0, 0.1) is 11.8 Å². The lowest BCUT2D eigenvalue weighted by atomic mass is 9.91. The second-order valence-electron chi connectivity index (χ2n) is 5.34. The molecule has 15 heavy (non-hydrogen) atoms. The highest BCUT2D eigenvalue weighted by Gasteiger charge is 2.42. The van der Waals surface area contributed by atoms with Gasteiger partial charge in [0.1, 0.15) is 0 Å².